The summed E-state index contributed by atoms with van der Waals surface area (Å²) in [5, 5.41) is 0. The van der Waals surface area contributed by atoms with Gasteiger partial charge in [0.15, 0.2) is 0 Å². The van der Waals surface area contributed by atoms with Crippen LogP contribution in [-0.4, -0.2) is 63.6 Å². The summed E-state index contributed by atoms with van der Waals surface area (Å²) in [7, 11) is 5.91. The summed E-state index contributed by atoms with van der Waals surface area (Å²) in [5.74, 6) is 0.935. The average molecular weight is 360 g/mol. The van der Waals surface area contributed by atoms with Crippen molar-refractivity contribution in [1.82, 2.24) is 4.90 Å². The minimum absolute atomic E-state index is 0.285. The minimum Gasteiger partial charge on any atom is -0.488 e. The zero-order valence-corrected chi connectivity index (χ0v) is 17.3. The second kappa shape index (κ2) is 7.06. The molecule has 0 amide bonds. The fourth-order valence-corrected chi connectivity index (χ4v) is 3.39. The van der Waals surface area contributed by atoms with E-state index in [0.29, 0.717) is 0 Å². The maximum atomic E-state index is 6.35. The van der Waals surface area contributed by atoms with Crippen LogP contribution in [0.3, 0.4) is 0 Å². The molecule has 0 unspecified atom stereocenters. The SMILES string of the molecule is CN1CCC(Oc2ccc(B3OC(C)(C)C(C)(C)O3)cc2N(C)C)CC1. The van der Waals surface area contributed by atoms with Crippen LogP contribution in [0.1, 0.15) is 40.5 Å². The largest absolute Gasteiger partial charge is 0.494 e. The van der Waals surface area contributed by atoms with Crippen molar-refractivity contribution in [2.45, 2.75) is 57.8 Å². The van der Waals surface area contributed by atoms with E-state index in [2.05, 4.69) is 62.7 Å². The minimum atomic E-state index is -0.351. The van der Waals surface area contributed by atoms with Gasteiger partial charge in [0.05, 0.1) is 16.9 Å². The number of benzene rings is 1. The molecular weight excluding hydrogens is 327 g/mol. The van der Waals surface area contributed by atoms with Crippen molar-refractivity contribution in [2.24, 2.45) is 0 Å². The van der Waals surface area contributed by atoms with Gasteiger partial charge in [-0.2, -0.15) is 0 Å². The van der Waals surface area contributed by atoms with Crippen molar-refractivity contribution in [2.75, 3.05) is 39.1 Å². The summed E-state index contributed by atoms with van der Waals surface area (Å²) in [6, 6.07) is 6.26. The van der Waals surface area contributed by atoms with E-state index in [9.17, 15) is 0 Å². The molecule has 144 valence electrons. The van der Waals surface area contributed by atoms with E-state index in [0.717, 1.165) is 42.8 Å². The Morgan fingerprint density at radius 1 is 1.08 bits per heavy atom. The highest BCUT2D eigenvalue weighted by molar-refractivity contribution is 6.62. The van der Waals surface area contributed by atoms with Crippen LogP contribution in [0.5, 0.6) is 5.75 Å². The lowest BCUT2D eigenvalue weighted by Gasteiger charge is -2.32. The molecule has 2 heterocycles. The first-order chi connectivity index (χ1) is 12.1. The molecule has 2 saturated heterocycles. The van der Waals surface area contributed by atoms with Gasteiger partial charge in [0.1, 0.15) is 11.9 Å². The standard InChI is InChI=1S/C20H33BN2O3/c1-19(2)20(3,4)26-21(25-19)15-8-9-18(17(14-15)22(5)6)24-16-10-12-23(7)13-11-16/h8-9,14,16H,10-13H2,1-7H3. The second-order valence-corrected chi connectivity index (χ2v) is 8.83. The van der Waals surface area contributed by atoms with Crippen LogP contribution in [0.25, 0.3) is 0 Å². The molecule has 0 bridgehead atoms. The van der Waals surface area contributed by atoms with Crippen molar-refractivity contribution in [3.05, 3.63) is 18.2 Å². The Balaban J connectivity index is 1.79. The van der Waals surface area contributed by atoms with Gasteiger partial charge < -0.3 is 23.8 Å². The van der Waals surface area contributed by atoms with E-state index in [1.807, 2.05) is 14.1 Å². The fraction of sp³-hybridized carbons (Fsp3) is 0.700. The third-order valence-corrected chi connectivity index (χ3v) is 5.95. The van der Waals surface area contributed by atoms with Gasteiger partial charge in [-0.05, 0) is 65.2 Å². The highest BCUT2D eigenvalue weighted by Crippen LogP contribution is 2.37. The lowest BCUT2D eigenvalue weighted by molar-refractivity contribution is 0.00578. The molecule has 26 heavy (non-hydrogen) atoms. The number of ether oxygens (including phenoxy) is 1. The molecule has 0 radical (unpaired) electrons. The van der Waals surface area contributed by atoms with E-state index in [-0.39, 0.29) is 24.4 Å². The third-order valence-electron chi connectivity index (χ3n) is 5.95. The Morgan fingerprint density at radius 2 is 1.65 bits per heavy atom. The van der Waals surface area contributed by atoms with Crippen LogP contribution in [0.4, 0.5) is 5.69 Å². The van der Waals surface area contributed by atoms with Gasteiger partial charge in [-0.25, -0.2) is 0 Å². The molecule has 1 aromatic carbocycles. The lowest BCUT2D eigenvalue weighted by Crippen LogP contribution is -2.41. The Kier molecular flexibility index (Phi) is 5.30. The number of anilines is 1. The summed E-state index contributed by atoms with van der Waals surface area (Å²) in [4.78, 5) is 4.45. The van der Waals surface area contributed by atoms with Crippen molar-refractivity contribution < 1.29 is 14.0 Å². The molecule has 0 spiro atoms. The number of rotatable bonds is 4. The summed E-state index contributed by atoms with van der Waals surface area (Å²) in [6.45, 7) is 10.5. The maximum absolute atomic E-state index is 6.35. The number of nitrogens with zero attached hydrogens (tertiary/aromatic N) is 2. The molecule has 2 aliphatic rings. The highest BCUT2D eigenvalue weighted by Gasteiger charge is 2.51. The van der Waals surface area contributed by atoms with Gasteiger partial charge in [-0.3, -0.25) is 0 Å². The van der Waals surface area contributed by atoms with Crippen LogP contribution in [0, 0.1) is 0 Å². The quantitative estimate of drug-likeness (QED) is 0.771. The molecule has 0 atom stereocenters. The molecule has 1 aromatic rings. The predicted octanol–water partition coefficient (Wildman–Crippen LogP) is 2.52. The molecule has 0 N–H and O–H groups in total. The average Bonchev–Trinajstić information content (AvgIpc) is 2.77. The van der Waals surface area contributed by atoms with E-state index in [4.69, 9.17) is 14.0 Å². The van der Waals surface area contributed by atoms with E-state index in [1.54, 1.807) is 0 Å². The zero-order chi connectivity index (χ0) is 19.1. The molecule has 2 aliphatic heterocycles. The number of hydrogen-bond acceptors (Lipinski definition) is 5. The Morgan fingerprint density at radius 3 is 2.19 bits per heavy atom. The van der Waals surface area contributed by atoms with Crippen LogP contribution >= 0.6 is 0 Å². The molecule has 2 fully saturated rings. The molecular formula is C20H33BN2O3. The first kappa shape index (κ1) is 19.5. The number of likely N-dealkylation sites (tertiary alicyclic amines) is 1. The first-order valence-electron chi connectivity index (χ1n) is 9.61. The highest BCUT2D eigenvalue weighted by atomic mass is 16.7. The van der Waals surface area contributed by atoms with Gasteiger partial charge in [0.2, 0.25) is 0 Å². The third kappa shape index (κ3) is 3.87. The molecule has 3 rings (SSSR count). The van der Waals surface area contributed by atoms with Crippen molar-refractivity contribution in [1.29, 1.82) is 0 Å². The Hall–Kier alpha value is -1.24. The summed E-state index contributed by atoms with van der Waals surface area (Å²) >= 11 is 0. The molecule has 0 saturated carbocycles. The van der Waals surface area contributed by atoms with Crippen LogP contribution in [-0.2, 0) is 9.31 Å². The normalized spacial score (nSPS) is 23.3. The monoisotopic (exact) mass is 360 g/mol. The van der Waals surface area contributed by atoms with E-state index in [1.165, 1.54) is 0 Å². The zero-order valence-electron chi connectivity index (χ0n) is 17.3. The second-order valence-electron chi connectivity index (χ2n) is 8.83. The van der Waals surface area contributed by atoms with Crippen molar-refractivity contribution >= 4 is 18.3 Å². The lowest BCUT2D eigenvalue weighted by atomic mass is 9.79. The molecule has 6 heteroatoms. The van der Waals surface area contributed by atoms with E-state index < -0.39 is 0 Å². The van der Waals surface area contributed by atoms with Crippen LogP contribution < -0.4 is 15.1 Å². The topological polar surface area (TPSA) is 34.2 Å². The van der Waals surface area contributed by atoms with Gasteiger partial charge in [0, 0.05) is 27.2 Å². The van der Waals surface area contributed by atoms with E-state index >= 15 is 0 Å². The molecule has 0 aromatic heterocycles. The van der Waals surface area contributed by atoms with Gasteiger partial charge in [-0.15, -0.1) is 0 Å². The predicted molar refractivity (Wildman–Crippen MR) is 108 cm³/mol. The maximum Gasteiger partial charge on any atom is 0.494 e. The van der Waals surface area contributed by atoms with Crippen LogP contribution in [0.15, 0.2) is 18.2 Å². The first-order valence-corrected chi connectivity index (χ1v) is 9.61. The fourth-order valence-electron chi connectivity index (χ4n) is 3.39. The summed E-state index contributed by atoms with van der Waals surface area (Å²) < 4.78 is 18.7. The van der Waals surface area contributed by atoms with Crippen molar-refractivity contribution in [3.8, 4) is 5.75 Å². The van der Waals surface area contributed by atoms with Gasteiger partial charge >= 0.3 is 7.12 Å². The summed E-state index contributed by atoms with van der Waals surface area (Å²) in [6.07, 6.45) is 2.43. The Bertz CT molecular complexity index is 624. The number of hydrogen-bond donors (Lipinski definition) is 0. The smallest absolute Gasteiger partial charge is 0.488 e. The van der Waals surface area contributed by atoms with Gasteiger partial charge in [-0.1, -0.05) is 6.07 Å². The molecule has 5 nitrogen and oxygen atoms in total. The Labute approximate surface area is 158 Å². The van der Waals surface area contributed by atoms with Gasteiger partial charge in [0.25, 0.3) is 0 Å². The summed E-state index contributed by atoms with van der Waals surface area (Å²) in [5.41, 5.74) is 1.43. The van der Waals surface area contributed by atoms with Crippen molar-refractivity contribution in [3.63, 3.8) is 0 Å². The number of piperidine rings is 1. The van der Waals surface area contributed by atoms with Crippen LogP contribution in [0.2, 0.25) is 0 Å². The molecule has 0 aliphatic carbocycles.